The fourth-order valence-corrected chi connectivity index (χ4v) is 2.97. The molecule has 4 nitrogen and oxygen atoms in total. The van der Waals surface area contributed by atoms with Gasteiger partial charge in [0, 0.05) is 49.5 Å². The quantitative estimate of drug-likeness (QED) is 0.886. The number of aryl methyl sites for hydroxylation is 1. The monoisotopic (exact) mass is 264 g/mol. The second kappa shape index (κ2) is 6.53. The molecule has 2 rings (SSSR count). The van der Waals surface area contributed by atoms with E-state index in [9.17, 15) is 0 Å². The molecule has 0 bridgehead atoms. The number of hydrogen-bond acceptors (Lipinski definition) is 3. The molecule has 0 amide bonds. The number of hydrogen-bond donors (Lipinski definition) is 1. The van der Waals surface area contributed by atoms with Gasteiger partial charge in [0.25, 0.3) is 0 Å². The first kappa shape index (κ1) is 14.5. The van der Waals surface area contributed by atoms with Crippen molar-refractivity contribution < 1.29 is 0 Å². The van der Waals surface area contributed by atoms with Crippen molar-refractivity contribution in [3.63, 3.8) is 0 Å². The van der Waals surface area contributed by atoms with Crippen LogP contribution in [0.3, 0.4) is 0 Å². The van der Waals surface area contributed by atoms with Gasteiger partial charge in [-0.2, -0.15) is 5.10 Å². The maximum atomic E-state index is 4.42. The zero-order valence-corrected chi connectivity index (χ0v) is 12.8. The molecule has 1 fully saturated rings. The van der Waals surface area contributed by atoms with E-state index < -0.39 is 0 Å². The van der Waals surface area contributed by atoms with E-state index in [0.29, 0.717) is 18.1 Å². The zero-order valence-electron chi connectivity index (χ0n) is 12.8. The van der Waals surface area contributed by atoms with Crippen LogP contribution < -0.4 is 5.32 Å². The number of aromatic nitrogens is 2. The summed E-state index contributed by atoms with van der Waals surface area (Å²) < 4.78 is 2.02. The molecule has 0 aliphatic carbocycles. The third-order valence-electron chi connectivity index (χ3n) is 4.46. The molecule has 19 heavy (non-hydrogen) atoms. The first-order chi connectivity index (χ1) is 9.19. The molecule has 1 aromatic heterocycles. The van der Waals surface area contributed by atoms with Gasteiger partial charge in [0.1, 0.15) is 0 Å². The molecule has 1 aliphatic rings. The van der Waals surface area contributed by atoms with Crippen LogP contribution in [0.4, 0.5) is 0 Å². The average molecular weight is 264 g/mol. The van der Waals surface area contributed by atoms with Crippen LogP contribution in [0.15, 0.2) is 12.4 Å². The standard InChI is InChI=1S/C15H28N4/c1-5-14-11-19(15(6-2)9-16-14)12(4)13-8-17-18(7-3)10-13/h8,10,12,14-16H,5-7,9,11H2,1-4H3. The Kier molecular flexibility index (Phi) is 4.99. The predicted molar refractivity (Wildman–Crippen MR) is 79.2 cm³/mol. The topological polar surface area (TPSA) is 33.1 Å². The van der Waals surface area contributed by atoms with Crippen molar-refractivity contribution >= 4 is 0 Å². The molecule has 1 N–H and O–H groups in total. The Morgan fingerprint density at radius 3 is 2.74 bits per heavy atom. The molecule has 3 unspecified atom stereocenters. The van der Waals surface area contributed by atoms with Crippen molar-refractivity contribution in [2.75, 3.05) is 13.1 Å². The normalized spacial score (nSPS) is 26.5. The van der Waals surface area contributed by atoms with Crippen molar-refractivity contribution in [1.82, 2.24) is 20.0 Å². The summed E-state index contributed by atoms with van der Waals surface area (Å²) in [7, 11) is 0. The van der Waals surface area contributed by atoms with Crippen LogP contribution in [0, 0.1) is 0 Å². The van der Waals surface area contributed by atoms with Gasteiger partial charge in [0.05, 0.1) is 6.20 Å². The van der Waals surface area contributed by atoms with Gasteiger partial charge >= 0.3 is 0 Å². The summed E-state index contributed by atoms with van der Waals surface area (Å²) in [5.74, 6) is 0. The number of piperazine rings is 1. The van der Waals surface area contributed by atoms with E-state index in [-0.39, 0.29) is 0 Å². The average Bonchev–Trinajstić information content (AvgIpc) is 2.94. The van der Waals surface area contributed by atoms with Gasteiger partial charge in [-0.15, -0.1) is 0 Å². The largest absolute Gasteiger partial charge is 0.311 e. The molecule has 1 aliphatic heterocycles. The third-order valence-corrected chi connectivity index (χ3v) is 4.46. The lowest BCUT2D eigenvalue weighted by Crippen LogP contribution is -2.56. The lowest BCUT2D eigenvalue weighted by Gasteiger charge is -2.43. The molecule has 0 spiro atoms. The zero-order chi connectivity index (χ0) is 13.8. The molecular formula is C15H28N4. The van der Waals surface area contributed by atoms with Crippen molar-refractivity contribution in [2.24, 2.45) is 0 Å². The number of rotatable bonds is 5. The molecule has 0 aromatic carbocycles. The number of nitrogens with one attached hydrogen (secondary N) is 1. The van der Waals surface area contributed by atoms with E-state index in [1.54, 1.807) is 0 Å². The van der Waals surface area contributed by atoms with Crippen molar-refractivity contribution in [3.8, 4) is 0 Å². The Morgan fingerprint density at radius 1 is 1.37 bits per heavy atom. The van der Waals surface area contributed by atoms with Crippen LogP contribution in [0.2, 0.25) is 0 Å². The van der Waals surface area contributed by atoms with Crippen LogP contribution in [-0.4, -0.2) is 39.9 Å². The predicted octanol–water partition coefficient (Wildman–Crippen LogP) is 2.43. The first-order valence-corrected chi connectivity index (χ1v) is 7.71. The minimum Gasteiger partial charge on any atom is -0.311 e. The molecule has 3 atom stereocenters. The summed E-state index contributed by atoms with van der Waals surface area (Å²) in [6.45, 7) is 12.2. The molecular weight excluding hydrogens is 236 g/mol. The smallest absolute Gasteiger partial charge is 0.0537 e. The van der Waals surface area contributed by atoms with Gasteiger partial charge in [-0.1, -0.05) is 13.8 Å². The van der Waals surface area contributed by atoms with Gasteiger partial charge in [0.2, 0.25) is 0 Å². The highest BCUT2D eigenvalue weighted by Crippen LogP contribution is 2.26. The van der Waals surface area contributed by atoms with Crippen LogP contribution in [0.25, 0.3) is 0 Å². The lowest BCUT2D eigenvalue weighted by atomic mass is 10.0. The second-order valence-electron chi connectivity index (χ2n) is 5.58. The highest BCUT2D eigenvalue weighted by molar-refractivity contribution is 5.11. The lowest BCUT2D eigenvalue weighted by molar-refractivity contribution is 0.0850. The summed E-state index contributed by atoms with van der Waals surface area (Å²) in [5.41, 5.74) is 1.34. The Balaban J connectivity index is 2.11. The van der Waals surface area contributed by atoms with Gasteiger partial charge in [-0.25, -0.2) is 0 Å². The summed E-state index contributed by atoms with van der Waals surface area (Å²) in [6, 6.07) is 1.73. The van der Waals surface area contributed by atoms with Gasteiger partial charge in [0.15, 0.2) is 0 Å². The van der Waals surface area contributed by atoms with Crippen molar-refractivity contribution in [3.05, 3.63) is 18.0 Å². The van der Waals surface area contributed by atoms with Crippen LogP contribution in [0.5, 0.6) is 0 Å². The Labute approximate surface area is 117 Å². The van der Waals surface area contributed by atoms with Crippen LogP contribution in [0.1, 0.15) is 52.1 Å². The van der Waals surface area contributed by atoms with Crippen LogP contribution >= 0.6 is 0 Å². The Hall–Kier alpha value is -0.870. The molecule has 1 aromatic rings. The minimum atomic E-state index is 0.460. The molecule has 2 heterocycles. The molecule has 0 saturated carbocycles. The number of nitrogens with zero attached hydrogens (tertiary/aromatic N) is 3. The molecule has 108 valence electrons. The highest BCUT2D eigenvalue weighted by atomic mass is 15.3. The maximum Gasteiger partial charge on any atom is 0.0537 e. The van der Waals surface area contributed by atoms with Crippen molar-refractivity contribution in [1.29, 1.82) is 0 Å². The van der Waals surface area contributed by atoms with Gasteiger partial charge in [-0.05, 0) is 26.7 Å². The SMILES string of the molecule is CCC1CN(C(C)c2cnn(CC)c2)C(CC)CN1. The van der Waals surface area contributed by atoms with E-state index >= 15 is 0 Å². The Bertz CT molecular complexity index is 387. The summed E-state index contributed by atoms with van der Waals surface area (Å²) in [5, 5.41) is 8.07. The van der Waals surface area contributed by atoms with E-state index in [1.807, 2.05) is 10.9 Å². The van der Waals surface area contributed by atoms with E-state index in [2.05, 4.69) is 49.2 Å². The second-order valence-corrected chi connectivity index (χ2v) is 5.58. The summed E-state index contributed by atoms with van der Waals surface area (Å²) in [4.78, 5) is 2.65. The van der Waals surface area contributed by atoms with E-state index in [1.165, 1.54) is 18.4 Å². The summed E-state index contributed by atoms with van der Waals surface area (Å²) in [6.07, 6.45) is 6.63. The summed E-state index contributed by atoms with van der Waals surface area (Å²) >= 11 is 0. The fourth-order valence-electron chi connectivity index (χ4n) is 2.97. The first-order valence-electron chi connectivity index (χ1n) is 7.71. The van der Waals surface area contributed by atoms with Gasteiger partial charge in [-0.3, -0.25) is 9.58 Å². The maximum absolute atomic E-state index is 4.42. The molecule has 0 radical (unpaired) electrons. The fraction of sp³-hybridized carbons (Fsp3) is 0.800. The Morgan fingerprint density at radius 2 is 2.16 bits per heavy atom. The van der Waals surface area contributed by atoms with Crippen LogP contribution in [-0.2, 0) is 6.54 Å². The molecule has 1 saturated heterocycles. The van der Waals surface area contributed by atoms with Gasteiger partial charge < -0.3 is 5.32 Å². The third kappa shape index (κ3) is 3.18. The van der Waals surface area contributed by atoms with E-state index in [0.717, 1.165) is 19.6 Å². The van der Waals surface area contributed by atoms with E-state index in [4.69, 9.17) is 0 Å². The van der Waals surface area contributed by atoms with Crippen molar-refractivity contribution in [2.45, 2.75) is 65.2 Å². The minimum absolute atomic E-state index is 0.460. The highest BCUT2D eigenvalue weighted by Gasteiger charge is 2.30. The molecule has 4 heteroatoms.